The van der Waals surface area contributed by atoms with E-state index in [-0.39, 0.29) is 41.4 Å². The van der Waals surface area contributed by atoms with Crippen molar-refractivity contribution in [1.82, 2.24) is 4.90 Å². The molecule has 1 aliphatic heterocycles. The molecule has 0 N–H and O–H groups in total. The van der Waals surface area contributed by atoms with Gasteiger partial charge in [0.25, 0.3) is 5.91 Å². The van der Waals surface area contributed by atoms with E-state index in [0.29, 0.717) is 13.2 Å². The summed E-state index contributed by atoms with van der Waals surface area (Å²) >= 11 is 0. The van der Waals surface area contributed by atoms with E-state index in [1.54, 1.807) is 17.0 Å². The first-order valence-electron chi connectivity index (χ1n) is 7.98. The maximum atomic E-state index is 13.1. The maximum absolute atomic E-state index is 13.1. The summed E-state index contributed by atoms with van der Waals surface area (Å²) < 4.78 is 23.7. The third kappa shape index (κ3) is 3.65. The fourth-order valence-corrected chi connectivity index (χ4v) is 2.86. The average molecular weight is 360 g/mol. The Kier molecular flexibility index (Phi) is 5.13. The minimum absolute atomic E-state index is 0.0951. The largest absolute Gasteiger partial charge is 0.490 e. The van der Waals surface area contributed by atoms with Crippen molar-refractivity contribution in [1.29, 1.82) is 0 Å². The molecule has 0 spiro atoms. The molecule has 2 aromatic rings. The quantitative estimate of drug-likeness (QED) is 0.618. The Morgan fingerprint density at radius 2 is 2.04 bits per heavy atom. The molecular weight excluding hydrogens is 343 g/mol. The smallest absolute Gasteiger partial charge is 0.311 e. The average Bonchev–Trinajstić information content (AvgIpc) is 2.67. The highest BCUT2D eigenvalue weighted by Crippen LogP contribution is 2.29. The number of amides is 1. The Balaban J connectivity index is 1.80. The van der Waals surface area contributed by atoms with Crippen LogP contribution < -0.4 is 4.74 Å². The number of benzene rings is 2. The van der Waals surface area contributed by atoms with Crippen molar-refractivity contribution in [3.05, 3.63) is 69.5 Å². The van der Waals surface area contributed by atoms with Gasteiger partial charge in [-0.1, -0.05) is 12.1 Å². The molecule has 3 rings (SSSR count). The maximum Gasteiger partial charge on any atom is 0.311 e. The molecule has 1 amide bonds. The topological polar surface area (TPSA) is 81.9 Å². The highest BCUT2D eigenvalue weighted by atomic mass is 19.1. The van der Waals surface area contributed by atoms with Crippen LogP contribution in [0.15, 0.2) is 42.5 Å². The number of hydrogen-bond donors (Lipinski definition) is 0. The SMILES string of the molecule is COc1ccc(C(=O)N2CCOC(c3ccc(F)cc3)C2)cc1[N+](=O)[O-]. The molecule has 26 heavy (non-hydrogen) atoms. The number of nitrogens with zero attached hydrogens (tertiary/aromatic N) is 2. The van der Waals surface area contributed by atoms with Crippen LogP contribution in [-0.2, 0) is 4.74 Å². The van der Waals surface area contributed by atoms with E-state index < -0.39 is 4.92 Å². The predicted molar refractivity (Wildman–Crippen MR) is 90.6 cm³/mol. The van der Waals surface area contributed by atoms with Crippen LogP contribution >= 0.6 is 0 Å². The van der Waals surface area contributed by atoms with Crippen molar-refractivity contribution in [3.8, 4) is 5.75 Å². The lowest BCUT2D eigenvalue weighted by atomic mass is 10.1. The van der Waals surface area contributed by atoms with Gasteiger partial charge in [-0.25, -0.2) is 4.39 Å². The van der Waals surface area contributed by atoms with Gasteiger partial charge in [0.1, 0.15) is 11.9 Å². The fraction of sp³-hybridized carbons (Fsp3) is 0.278. The zero-order valence-corrected chi connectivity index (χ0v) is 14.1. The van der Waals surface area contributed by atoms with Gasteiger partial charge in [0.05, 0.1) is 25.2 Å². The molecule has 7 nitrogen and oxygen atoms in total. The van der Waals surface area contributed by atoms with Gasteiger partial charge < -0.3 is 14.4 Å². The minimum atomic E-state index is -0.587. The second kappa shape index (κ2) is 7.49. The first kappa shape index (κ1) is 17.8. The first-order chi connectivity index (χ1) is 12.5. The number of rotatable bonds is 4. The summed E-state index contributed by atoms with van der Waals surface area (Å²) in [6, 6.07) is 10.0. The zero-order valence-electron chi connectivity index (χ0n) is 14.1. The van der Waals surface area contributed by atoms with Gasteiger partial charge in [-0.2, -0.15) is 0 Å². The third-order valence-corrected chi connectivity index (χ3v) is 4.22. The molecular formula is C18H17FN2O5. The molecule has 1 atom stereocenters. The van der Waals surface area contributed by atoms with Crippen molar-refractivity contribution in [2.24, 2.45) is 0 Å². The van der Waals surface area contributed by atoms with Crippen molar-refractivity contribution in [2.75, 3.05) is 26.8 Å². The highest BCUT2D eigenvalue weighted by molar-refractivity contribution is 5.95. The number of nitro groups is 1. The van der Waals surface area contributed by atoms with Crippen LogP contribution in [0.2, 0.25) is 0 Å². The van der Waals surface area contributed by atoms with Gasteiger partial charge in [0, 0.05) is 18.2 Å². The number of carbonyl (C=O) groups excluding carboxylic acids is 1. The lowest BCUT2D eigenvalue weighted by Gasteiger charge is -2.33. The Bertz CT molecular complexity index is 825. The van der Waals surface area contributed by atoms with Crippen molar-refractivity contribution in [3.63, 3.8) is 0 Å². The molecule has 0 aromatic heterocycles. The summed E-state index contributed by atoms with van der Waals surface area (Å²) in [7, 11) is 1.33. The van der Waals surface area contributed by atoms with Gasteiger partial charge in [-0.15, -0.1) is 0 Å². The fourth-order valence-electron chi connectivity index (χ4n) is 2.86. The van der Waals surface area contributed by atoms with Crippen LogP contribution in [0.25, 0.3) is 0 Å². The number of nitro benzene ring substituents is 1. The van der Waals surface area contributed by atoms with Crippen LogP contribution in [0.1, 0.15) is 22.0 Å². The molecule has 1 unspecified atom stereocenters. The van der Waals surface area contributed by atoms with Crippen molar-refractivity contribution >= 4 is 11.6 Å². The van der Waals surface area contributed by atoms with Crippen LogP contribution in [0.5, 0.6) is 5.75 Å². The molecule has 8 heteroatoms. The second-order valence-corrected chi connectivity index (χ2v) is 5.81. The van der Waals surface area contributed by atoms with Gasteiger partial charge >= 0.3 is 5.69 Å². The molecule has 1 aliphatic rings. The summed E-state index contributed by atoms with van der Waals surface area (Å²) in [5, 5.41) is 11.1. The van der Waals surface area contributed by atoms with Crippen LogP contribution in [0, 0.1) is 15.9 Å². The van der Waals surface area contributed by atoms with E-state index in [2.05, 4.69) is 0 Å². The summed E-state index contributed by atoms with van der Waals surface area (Å²) in [5.74, 6) is -0.577. The third-order valence-electron chi connectivity index (χ3n) is 4.22. The van der Waals surface area contributed by atoms with Crippen LogP contribution in [-0.4, -0.2) is 42.5 Å². The standard InChI is InChI=1S/C18H17FN2O5/c1-25-16-7-4-13(10-15(16)21(23)24)18(22)20-8-9-26-17(11-20)12-2-5-14(19)6-3-12/h2-7,10,17H,8-9,11H2,1H3. The first-order valence-corrected chi connectivity index (χ1v) is 7.98. The highest BCUT2D eigenvalue weighted by Gasteiger charge is 2.27. The molecule has 0 bridgehead atoms. The lowest BCUT2D eigenvalue weighted by Crippen LogP contribution is -2.42. The Hall–Kier alpha value is -3.00. The van der Waals surface area contributed by atoms with Crippen LogP contribution in [0.3, 0.4) is 0 Å². The van der Waals surface area contributed by atoms with Crippen molar-refractivity contribution < 1.29 is 23.6 Å². The number of carbonyl (C=O) groups is 1. The van der Waals surface area contributed by atoms with E-state index in [1.165, 1.54) is 37.4 Å². The van der Waals surface area contributed by atoms with Gasteiger partial charge in [-0.05, 0) is 29.8 Å². The Morgan fingerprint density at radius 1 is 1.31 bits per heavy atom. The second-order valence-electron chi connectivity index (χ2n) is 5.81. The van der Waals surface area contributed by atoms with Crippen LogP contribution in [0.4, 0.5) is 10.1 Å². The number of ether oxygens (including phenoxy) is 2. The van der Waals surface area contributed by atoms with E-state index in [9.17, 15) is 19.3 Å². The van der Waals surface area contributed by atoms with Gasteiger partial charge in [0.2, 0.25) is 0 Å². The minimum Gasteiger partial charge on any atom is -0.490 e. The molecule has 1 heterocycles. The van der Waals surface area contributed by atoms with E-state index in [0.717, 1.165) is 5.56 Å². The molecule has 0 saturated carbocycles. The van der Waals surface area contributed by atoms with Crippen molar-refractivity contribution in [2.45, 2.75) is 6.10 Å². The van der Waals surface area contributed by atoms with E-state index in [1.807, 2.05) is 0 Å². The van der Waals surface area contributed by atoms with Gasteiger partial charge in [0.15, 0.2) is 5.75 Å². The summed E-state index contributed by atoms with van der Waals surface area (Å²) in [4.78, 5) is 24.9. The molecule has 2 aromatic carbocycles. The zero-order chi connectivity index (χ0) is 18.7. The number of halogens is 1. The number of hydrogen-bond acceptors (Lipinski definition) is 5. The normalized spacial score (nSPS) is 17.0. The number of methoxy groups -OCH3 is 1. The molecule has 1 saturated heterocycles. The van der Waals surface area contributed by atoms with E-state index >= 15 is 0 Å². The monoisotopic (exact) mass is 360 g/mol. The summed E-state index contributed by atoms with van der Waals surface area (Å²) in [5.41, 5.74) is 0.712. The molecule has 0 radical (unpaired) electrons. The van der Waals surface area contributed by atoms with Gasteiger partial charge in [-0.3, -0.25) is 14.9 Å². The predicted octanol–water partition coefficient (Wildman–Crippen LogP) is 2.96. The lowest BCUT2D eigenvalue weighted by molar-refractivity contribution is -0.385. The Morgan fingerprint density at radius 3 is 2.69 bits per heavy atom. The van der Waals surface area contributed by atoms with E-state index in [4.69, 9.17) is 9.47 Å². The summed E-state index contributed by atoms with van der Waals surface area (Å²) in [6.45, 7) is 0.979. The number of morpholine rings is 1. The molecule has 0 aliphatic carbocycles. The molecule has 136 valence electrons. The summed E-state index contributed by atoms with van der Waals surface area (Å²) in [6.07, 6.45) is -0.374. The molecule has 1 fully saturated rings. The Labute approximate surface area is 149 Å².